The molecule has 33 heavy (non-hydrogen) atoms. The molecule has 1 amide bonds. The Bertz CT molecular complexity index is 950. The Hall–Kier alpha value is -3.05. The van der Waals surface area contributed by atoms with Crippen LogP contribution in [0, 0.1) is 0 Å². The number of rotatable bonds is 11. The number of ketones is 1. The molecule has 0 aromatic heterocycles. The minimum Gasteiger partial charge on any atom is -0.497 e. The number of amides is 1. The molecule has 0 aliphatic heterocycles. The maximum absolute atomic E-state index is 13.2. The second kappa shape index (κ2) is 11.7. The van der Waals surface area contributed by atoms with Crippen LogP contribution in [0.4, 0.5) is 13.2 Å². The molecule has 0 radical (unpaired) electrons. The maximum Gasteiger partial charge on any atom is 0.475 e. The van der Waals surface area contributed by atoms with Gasteiger partial charge in [-0.3, -0.25) is 9.59 Å². The van der Waals surface area contributed by atoms with Gasteiger partial charge in [-0.2, -0.15) is 13.2 Å². The van der Waals surface area contributed by atoms with E-state index in [9.17, 15) is 32.8 Å². The van der Waals surface area contributed by atoms with Crippen LogP contribution in [-0.4, -0.2) is 49.0 Å². The van der Waals surface area contributed by atoms with Gasteiger partial charge in [0, 0.05) is 18.4 Å². The van der Waals surface area contributed by atoms with E-state index in [1.807, 2.05) is 0 Å². The summed E-state index contributed by atoms with van der Waals surface area (Å²) in [6, 6.07) is 9.93. The third kappa shape index (κ3) is 7.79. The molecule has 0 fully saturated rings. The molecule has 178 valence electrons. The molecule has 1 atom stereocenters. The lowest BCUT2D eigenvalue weighted by Crippen LogP contribution is -2.46. The number of methoxy groups -OCH3 is 2. The fourth-order valence-corrected chi connectivity index (χ4v) is 3.18. The summed E-state index contributed by atoms with van der Waals surface area (Å²) in [5.41, 5.74) is -0.246. The molecular formula is C22H25BF3NO6. The van der Waals surface area contributed by atoms with E-state index in [0.29, 0.717) is 11.3 Å². The zero-order valence-corrected chi connectivity index (χ0v) is 18.2. The smallest absolute Gasteiger partial charge is 0.475 e. The van der Waals surface area contributed by atoms with Gasteiger partial charge in [0.2, 0.25) is 5.91 Å². The van der Waals surface area contributed by atoms with Crippen molar-refractivity contribution in [3.63, 3.8) is 0 Å². The third-order valence-corrected chi connectivity index (χ3v) is 5.01. The van der Waals surface area contributed by atoms with Gasteiger partial charge < -0.3 is 24.8 Å². The van der Waals surface area contributed by atoms with E-state index in [0.717, 1.165) is 13.2 Å². The number of alkyl halides is 3. The van der Waals surface area contributed by atoms with Gasteiger partial charge in [0.15, 0.2) is 5.78 Å². The number of carbonyl (C=O) groups is 2. The summed E-state index contributed by atoms with van der Waals surface area (Å²) < 4.78 is 49.3. The van der Waals surface area contributed by atoms with Crippen molar-refractivity contribution in [2.45, 2.75) is 37.8 Å². The molecule has 2 rings (SSSR count). The molecule has 7 nitrogen and oxygen atoms in total. The van der Waals surface area contributed by atoms with Crippen LogP contribution in [0.3, 0.4) is 0 Å². The van der Waals surface area contributed by atoms with Crippen molar-refractivity contribution in [2.24, 2.45) is 0 Å². The number of aryl methyl sites for hydroxylation is 1. The molecule has 0 saturated carbocycles. The van der Waals surface area contributed by atoms with Crippen LogP contribution >= 0.6 is 0 Å². The first-order valence-electron chi connectivity index (χ1n) is 10.1. The number of ether oxygens (including phenoxy) is 2. The Morgan fingerprint density at radius 3 is 2.24 bits per heavy atom. The summed E-state index contributed by atoms with van der Waals surface area (Å²) in [6.45, 7) is 0. The highest BCUT2D eigenvalue weighted by molar-refractivity contribution is 6.43. The molecule has 0 aliphatic carbocycles. The van der Waals surface area contributed by atoms with Gasteiger partial charge >= 0.3 is 13.3 Å². The summed E-state index contributed by atoms with van der Waals surface area (Å²) in [4.78, 5) is 24.4. The van der Waals surface area contributed by atoms with Crippen LogP contribution in [0.25, 0.3) is 0 Å². The van der Waals surface area contributed by atoms with Crippen LogP contribution in [0.1, 0.15) is 40.7 Å². The Labute approximate surface area is 189 Å². The highest BCUT2D eigenvalue weighted by Gasteiger charge is 2.34. The number of carbonyl (C=O) groups excluding carboxylic acids is 2. The quantitative estimate of drug-likeness (QED) is 0.347. The van der Waals surface area contributed by atoms with Crippen molar-refractivity contribution in [1.29, 1.82) is 0 Å². The number of hydrogen-bond donors (Lipinski definition) is 3. The predicted octanol–water partition coefficient (Wildman–Crippen LogP) is 2.82. The van der Waals surface area contributed by atoms with Gasteiger partial charge in [0.1, 0.15) is 11.5 Å². The van der Waals surface area contributed by atoms with Gasteiger partial charge in [0.25, 0.3) is 0 Å². The van der Waals surface area contributed by atoms with E-state index in [1.54, 1.807) is 24.3 Å². The fraction of sp³-hybridized carbons (Fsp3) is 0.364. The number of Topliss-reactive ketones (excluding diaryl/α,β-unsaturated/α-hetero) is 1. The van der Waals surface area contributed by atoms with Gasteiger partial charge in [-0.05, 0) is 54.8 Å². The minimum atomic E-state index is -4.61. The van der Waals surface area contributed by atoms with Crippen LogP contribution < -0.4 is 14.8 Å². The molecule has 2 aromatic rings. The van der Waals surface area contributed by atoms with E-state index in [-0.39, 0.29) is 42.8 Å². The summed E-state index contributed by atoms with van der Waals surface area (Å²) in [7, 11) is 0.709. The number of halogens is 3. The summed E-state index contributed by atoms with van der Waals surface area (Å²) >= 11 is 0. The van der Waals surface area contributed by atoms with Crippen molar-refractivity contribution >= 4 is 18.8 Å². The van der Waals surface area contributed by atoms with E-state index >= 15 is 0 Å². The molecule has 0 unspecified atom stereocenters. The maximum atomic E-state index is 13.2. The monoisotopic (exact) mass is 467 g/mol. The second-order valence-corrected chi connectivity index (χ2v) is 7.31. The van der Waals surface area contributed by atoms with Crippen molar-refractivity contribution in [3.8, 4) is 11.5 Å². The van der Waals surface area contributed by atoms with Crippen molar-refractivity contribution in [2.75, 3.05) is 14.2 Å². The molecule has 0 spiro atoms. The Balaban J connectivity index is 1.93. The largest absolute Gasteiger partial charge is 0.497 e. The zero-order chi connectivity index (χ0) is 24.6. The van der Waals surface area contributed by atoms with Crippen molar-refractivity contribution in [1.82, 2.24) is 5.32 Å². The lowest BCUT2D eigenvalue weighted by molar-refractivity contribution is -0.138. The zero-order valence-electron chi connectivity index (χ0n) is 18.2. The molecule has 0 bridgehead atoms. The summed E-state index contributed by atoms with van der Waals surface area (Å²) in [5.74, 6) is -1.71. The number of hydrogen-bond acceptors (Lipinski definition) is 6. The van der Waals surface area contributed by atoms with Crippen molar-refractivity contribution in [3.05, 3.63) is 59.2 Å². The highest BCUT2D eigenvalue weighted by Crippen LogP contribution is 2.36. The average molecular weight is 467 g/mol. The lowest BCUT2D eigenvalue weighted by Gasteiger charge is -2.18. The molecule has 0 saturated heterocycles. The average Bonchev–Trinajstić information content (AvgIpc) is 2.79. The highest BCUT2D eigenvalue weighted by atomic mass is 19.4. The molecule has 3 N–H and O–H groups in total. The standard InChI is InChI=1S/C22H25BF3NO6/c1-32-16-7-5-15(6-8-16)18(28)9-12-21(29)27-20(23(30)31)11-4-14-3-10-19(33-2)17(13-14)22(24,25)26/h3,5-8,10,13,20,30-31H,4,9,11-12H2,1-2H3,(H,27,29)/t20-/m0/s1. The van der Waals surface area contributed by atoms with Gasteiger partial charge in [-0.25, -0.2) is 0 Å². The molecule has 0 heterocycles. The van der Waals surface area contributed by atoms with E-state index in [4.69, 9.17) is 9.47 Å². The second-order valence-electron chi connectivity index (χ2n) is 7.31. The van der Waals surface area contributed by atoms with Gasteiger partial charge in [-0.1, -0.05) is 6.07 Å². The number of benzene rings is 2. The third-order valence-electron chi connectivity index (χ3n) is 5.01. The normalized spacial score (nSPS) is 12.1. The molecular weight excluding hydrogens is 442 g/mol. The first-order valence-corrected chi connectivity index (χ1v) is 10.1. The van der Waals surface area contributed by atoms with Crippen LogP contribution in [-0.2, 0) is 17.4 Å². The van der Waals surface area contributed by atoms with Crippen molar-refractivity contribution < 1.29 is 42.3 Å². The molecule has 0 aliphatic rings. The predicted molar refractivity (Wildman–Crippen MR) is 115 cm³/mol. The summed E-state index contributed by atoms with van der Waals surface area (Å²) in [6.07, 6.45) is -4.88. The summed E-state index contributed by atoms with van der Waals surface area (Å²) in [5, 5.41) is 21.6. The van der Waals surface area contributed by atoms with Gasteiger partial charge in [0.05, 0.1) is 25.7 Å². The molecule has 2 aromatic carbocycles. The van der Waals surface area contributed by atoms with E-state index in [1.165, 1.54) is 19.2 Å². The van der Waals surface area contributed by atoms with E-state index in [2.05, 4.69) is 5.32 Å². The van der Waals surface area contributed by atoms with Crippen LogP contribution in [0.2, 0.25) is 0 Å². The minimum absolute atomic E-state index is 0.0283. The SMILES string of the molecule is COc1ccc(C(=O)CCC(=O)N[C@@H](CCc2ccc(OC)c(C(F)(F)F)c2)B(O)O)cc1. The van der Waals surface area contributed by atoms with Gasteiger partial charge in [-0.15, -0.1) is 0 Å². The van der Waals surface area contributed by atoms with E-state index < -0.39 is 30.7 Å². The van der Waals surface area contributed by atoms with Crippen LogP contribution in [0.5, 0.6) is 11.5 Å². The topological polar surface area (TPSA) is 105 Å². The molecule has 11 heteroatoms. The Morgan fingerprint density at radius 2 is 1.70 bits per heavy atom. The number of nitrogens with one attached hydrogen (secondary N) is 1. The Kier molecular flexibility index (Phi) is 9.30. The van der Waals surface area contributed by atoms with Crippen LogP contribution in [0.15, 0.2) is 42.5 Å². The Morgan fingerprint density at radius 1 is 1.03 bits per heavy atom. The first-order chi connectivity index (χ1) is 15.5. The first kappa shape index (κ1) is 26.2. The lowest BCUT2D eigenvalue weighted by atomic mass is 9.76. The fourth-order valence-electron chi connectivity index (χ4n) is 3.18.